The summed E-state index contributed by atoms with van der Waals surface area (Å²) in [5, 5.41) is 0. The van der Waals surface area contributed by atoms with E-state index in [-0.39, 0.29) is 18.4 Å². The molecule has 0 radical (unpaired) electrons. The molecule has 0 saturated carbocycles. The maximum absolute atomic E-state index is 13.1. The first-order chi connectivity index (χ1) is 14.1. The van der Waals surface area contributed by atoms with Crippen LogP contribution in [0.1, 0.15) is 6.92 Å². The zero-order chi connectivity index (χ0) is 20.4. The van der Waals surface area contributed by atoms with E-state index in [2.05, 4.69) is 4.90 Å². The Labute approximate surface area is 170 Å². The molecule has 0 spiro atoms. The van der Waals surface area contributed by atoms with Gasteiger partial charge in [0.05, 0.1) is 19.3 Å². The molecule has 2 heterocycles. The van der Waals surface area contributed by atoms with Gasteiger partial charge in [-0.15, -0.1) is 0 Å². The number of para-hydroxylation sites is 2. The molecule has 152 valence electrons. The number of hydrogen-bond donors (Lipinski definition) is 0. The van der Waals surface area contributed by atoms with Crippen LogP contribution in [0.5, 0.6) is 11.5 Å². The van der Waals surface area contributed by atoms with Gasteiger partial charge >= 0.3 is 0 Å². The number of amides is 2. The summed E-state index contributed by atoms with van der Waals surface area (Å²) in [4.78, 5) is 30.9. The van der Waals surface area contributed by atoms with E-state index < -0.39 is 6.10 Å². The third-order valence-corrected chi connectivity index (χ3v) is 5.44. The monoisotopic (exact) mass is 395 g/mol. The minimum Gasteiger partial charge on any atom is -0.497 e. The predicted molar refractivity (Wildman–Crippen MR) is 111 cm³/mol. The molecule has 2 aliphatic heterocycles. The van der Waals surface area contributed by atoms with Crippen LogP contribution in [-0.2, 0) is 9.59 Å². The minimum atomic E-state index is -0.683. The summed E-state index contributed by atoms with van der Waals surface area (Å²) in [5.74, 6) is 1.22. The van der Waals surface area contributed by atoms with Crippen LogP contribution in [0.25, 0.3) is 0 Å². The van der Waals surface area contributed by atoms with Gasteiger partial charge in [-0.1, -0.05) is 18.2 Å². The average molecular weight is 395 g/mol. The number of methoxy groups -OCH3 is 1. The molecule has 0 bridgehead atoms. The van der Waals surface area contributed by atoms with E-state index in [1.54, 1.807) is 18.1 Å². The number of nitrogens with zero attached hydrogens (tertiary/aromatic N) is 3. The van der Waals surface area contributed by atoms with Gasteiger partial charge in [0.2, 0.25) is 5.91 Å². The fourth-order valence-electron chi connectivity index (χ4n) is 3.86. The van der Waals surface area contributed by atoms with Crippen molar-refractivity contribution in [2.75, 3.05) is 49.6 Å². The molecule has 1 fully saturated rings. The summed E-state index contributed by atoms with van der Waals surface area (Å²) in [7, 11) is 1.66. The molecule has 0 unspecified atom stereocenters. The summed E-state index contributed by atoms with van der Waals surface area (Å²) in [6.45, 7) is 4.43. The Morgan fingerprint density at radius 3 is 2.52 bits per heavy atom. The molecule has 1 saturated heterocycles. The number of piperazine rings is 1. The Bertz CT molecular complexity index is 908. The topological polar surface area (TPSA) is 62.3 Å². The van der Waals surface area contributed by atoms with Crippen LogP contribution >= 0.6 is 0 Å². The summed E-state index contributed by atoms with van der Waals surface area (Å²) in [6.07, 6.45) is -0.683. The first-order valence-corrected chi connectivity index (χ1v) is 9.78. The number of hydrogen-bond acceptors (Lipinski definition) is 5. The maximum Gasteiger partial charge on any atom is 0.265 e. The van der Waals surface area contributed by atoms with Crippen LogP contribution in [0.4, 0.5) is 11.4 Å². The van der Waals surface area contributed by atoms with Crippen molar-refractivity contribution in [3.8, 4) is 11.5 Å². The highest BCUT2D eigenvalue weighted by Gasteiger charge is 2.35. The van der Waals surface area contributed by atoms with Crippen LogP contribution in [0.15, 0.2) is 48.5 Å². The molecule has 4 rings (SSSR count). The fourth-order valence-corrected chi connectivity index (χ4v) is 3.86. The second-order valence-electron chi connectivity index (χ2n) is 7.22. The van der Waals surface area contributed by atoms with Crippen LogP contribution in [0, 0.1) is 0 Å². The average Bonchev–Trinajstić information content (AvgIpc) is 2.78. The number of fused-ring (bicyclic) bond motifs is 1. The number of benzene rings is 2. The Morgan fingerprint density at radius 1 is 1.03 bits per heavy atom. The minimum absolute atomic E-state index is 0.0731. The highest BCUT2D eigenvalue weighted by Crippen LogP contribution is 2.33. The molecular formula is C22H25N3O4. The lowest BCUT2D eigenvalue weighted by molar-refractivity contribution is -0.139. The van der Waals surface area contributed by atoms with Crippen molar-refractivity contribution in [1.29, 1.82) is 0 Å². The Balaban J connectivity index is 1.43. The van der Waals surface area contributed by atoms with Gasteiger partial charge < -0.3 is 24.2 Å². The number of ether oxygens (including phenoxy) is 2. The lowest BCUT2D eigenvalue weighted by Crippen LogP contribution is -2.56. The van der Waals surface area contributed by atoms with Gasteiger partial charge in [-0.3, -0.25) is 9.59 Å². The summed E-state index contributed by atoms with van der Waals surface area (Å²) in [6, 6.07) is 15.3. The van der Waals surface area contributed by atoms with Gasteiger partial charge in [-0.2, -0.15) is 0 Å². The molecule has 2 aromatic carbocycles. The summed E-state index contributed by atoms with van der Waals surface area (Å²) < 4.78 is 11.3. The molecule has 7 nitrogen and oxygen atoms in total. The van der Waals surface area contributed by atoms with Gasteiger partial charge in [0.1, 0.15) is 11.5 Å². The second-order valence-corrected chi connectivity index (χ2v) is 7.22. The number of rotatable bonds is 3. The molecular weight excluding hydrogens is 370 g/mol. The van der Waals surface area contributed by atoms with Crippen LogP contribution < -0.4 is 19.3 Å². The number of anilines is 2. The first-order valence-electron chi connectivity index (χ1n) is 9.78. The molecule has 0 aliphatic carbocycles. The Hall–Kier alpha value is -3.22. The van der Waals surface area contributed by atoms with E-state index in [0.717, 1.165) is 24.5 Å². The first kappa shape index (κ1) is 19.1. The maximum atomic E-state index is 13.1. The van der Waals surface area contributed by atoms with Gasteiger partial charge in [0.15, 0.2) is 6.10 Å². The Kier molecular flexibility index (Phi) is 5.29. The molecule has 2 amide bonds. The molecule has 0 N–H and O–H groups in total. The van der Waals surface area contributed by atoms with Crippen molar-refractivity contribution in [3.05, 3.63) is 48.5 Å². The van der Waals surface area contributed by atoms with Crippen LogP contribution in [0.2, 0.25) is 0 Å². The van der Waals surface area contributed by atoms with Crippen molar-refractivity contribution in [1.82, 2.24) is 4.90 Å². The highest BCUT2D eigenvalue weighted by molar-refractivity contribution is 5.96. The molecule has 29 heavy (non-hydrogen) atoms. The van der Waals surface area contributed by atoms with E-state index in [9.17, 15) is 9.59 Å². The normalized spacial score (nSPS) is 18.7. The van der Waals surface area contributed by atoms with Crippen molar-refractivity contribution in [3.63, 3.8) is 0 Å². The van der Waals surface area contributed by atoms with Gasteiger partial charge in [-0.25, -0.2) is 0 Å². The van der Waals surface area contributed by atoms with E-state index in [4.69, 9.17) is 9.47 Å². The molecule has 1 atom stereocenters. The standard InChI is InChI=1S/C22H25N3O4/c1-16(26)25-15-21(29-20-9-4-3-8-19(20)25)22(27)24-12-10-23(11-13-24)17-6-5-7-18(14-17)28-2/h3-9,14,21H,10-13,15H2,1-2H3/t21-/m1/s1. The third kappa shape index (κ3) is 3.85. The third-order valence-electron chi connectivity index (χ3n) is 5.44. The number of carbonyl (C=O) groups is 2. The van der Waals surface area contributed by atoms with Crippen molar-refractivity contribution < 1.29 is 19.1 Å². The predicted octanol–water partition coefficient (Wildman–Crippen LogP) is 2.16. The van der Waals surface area contributed by atoms with Crippen LogP contribution in [-0.4, -0.2) is 62.7 Å². The van der Waals surface area contributed by atoms with Crippen molar-refractivity contribution in [2.45, 2.75) is 13.0 Å². The van der Waals surface area contributed by atoms with Gasteiger partial charge in [0.25, 0.3) is 5.91 Å². The molecule has 2 aliphatic rings. The zero-order valence-electron chi connectivity index (χ0n) is 16.7. The quantitative estimate of drug-likeness (QED) is 0.797. The fraction of sp³-hybridized carbons (Fsp3) is 0.364. The summed E-state index contributed by atoms with van der Waals surface area (Å²) in [5.41, 5.74) is 1.80. The largest absolute Gasteiger partial charge is 0.497 e. The Morgan fingerprint density at radius 2 is 1.79 bits per heavy atom. The van der Waals surface area contributed by atoms with Crippen molar-refractivity contribution >= 4 is 23.2 Å². The smallest absolute Gasteiger partial charge is 0.265 e. The van der Waals surface area contributed by atoms with E-state index in [1.807, 2.05) is 47.4 Å². The lowest BCUT2D eigenvalue weighted by atomic mass is 10.1. The number of carbonyl (C=O) groups excluding carboxylic acids is 2. The molecule has 2 aromatic rings. The highest BCUT2D eigenvalue weighted by atomic mass is 16.5. The molecule has 0 aromatic heterocycles. The summed E-state index contributed by atoms with van der Waals surface area (Å²) >= 11 is 0. The zero-order valence-corrected chi connectivity index (χ0v) is 16.7. The van der Waals surface area contributed by atoms with Crippen LogP contribution in [0.3, 0.4) is 0 Å². The van der Waals surface area contributed by atoms with Gasteiger partial charge in [-0.05, 0) is 24.3 Å². The van der Waals surface area contributed by atoms with Gasteiger partial charge in [0, 0.05) is 44.9 Å². The second kappa shape index (κ2) is 8.03. The SMILES string of the molecule is COc1cccc(N2CCN(C(=O)[C@H]3CN(C(C)=O)c4ccccc4O3)CC2)c1. The van der Waals surface area contributed by atoms with E-state index in [1.165, 1.54) is 6.92 Å². The van der Waals surface area contributed by atoms with E-state index >= 15 is 0 Å². The van der Waals surface area contributed by atoms with Crippen molar-refractivity contribution in [2.24, 2.45) is 0 Å². The molecule has 7 heteroatoms. The van der Waals surface area contributed by atoms with E-state index in [0.29, 0.717) is 24.5 Å². The lowest BCUT2D eigenvalue weighted by Gasteiger charge is -2.40.